The van der Waals surface area contributed by atoms with E-state index in [2.05, 4.69) is 12.2 Å². The molecule has 0 radical (unpaired) electrons. The van der Waals surface area contributed by atoms with Crippen molar-refractivity contribution >= 4 is 28.8 Å². The minimum atomic E-state index is -0.655. The molecule has 0 unspecified atom stereocenters. The van der Waals surface area contributed by atoms with Gasteiger partial charge in [0, 0.05) is 11.3 Å². The number of halogens is 1. The van der Waals surface area contributed by atoms with Crippen LogP contribution in [0.1, 0.15) is 18.1 Å². The summed E-state index contributed by atoms with van der Waals surface area (Å²) in [6, 6.07) is 20.2. The molecule has 0 aliphatic carbocycles. The summed E-state index contributed by atoms with van der Waals surface area (Å²) in [7, 11) is 1.49. The summed E-state index contributed by atoms with van der Waals surface area (Å²) in [5, 5.41) is 3.08. The molecule has 1 aliphatic heterocycles. The van der Waals surface area contributed by atoms with Crippen molar-refractivity contribution in [3.05, 3.63) is 95.4 Å². The number of carbonyl (C=O) groups excluding carboxylic acids is 2. The molecule has 0 fully saturated rings. The molecular weight excluding hydrogens is 395 g/mol. The lowest BCUT2D eigenvalue weighted by Gasteiger charge is -2.16. The van der Waals surface area contributed by atoms with Crippen LogP contribution in [0.5, 0.6) is 5.75 Å². The van der Waals surface area contributed by atoms with Crippen LogP contribution in [0.4, 0.5) is 15.8 Å². The lowest BCUT2D eigenvalue weighted by atomic mass is 10.0. The number of rotatable bonds is 6. The van der Waals surface area contributed by atoms with Crippen molar-refractivity contribution in [2.45, 2.75) is 13.3 Å². The molecule has 0 spiro atoms. The van der Waals surface area contributed by atoms with Gasteiger partial charge < -0.3 is 10.1 Å². The molecule has 1 aliphatic rings. The van der Waals surface area contributed by atoms with Crippen LogP contribution < -0.4 is 15.0 Å². The summed E-state index contributed by atoms with van der Waals surface area (Å²) >= 11 is 0. The Balaban J connectivity index is 1.85. The van der Waals surface area contributed by atoms with Crippen molar-refractivity contribution in [2.75, 3.05) is 17.3 Å². The molecular formula is C25H21FN2O3. The van der Waals surface area contributed by atoms with Gasteiger partial charge in [0.05, 0.1) is 18.4 Å². The monoisotopic (exact) mass is 416 g/mol. The third kappa shape index (κ3) is 3.68. The van der Waals surface area contributed by atoms with Crippen LogP contribution in [0.25, 0.3) is 5.57 Å². The van der Waals surface area contributed by atoms with E-state index in [1.54, 1.807) is 30.3 Å². The number of hydrogen-bond donors (Lipinski definition) is 1. The van der Waals surface area contributed by atoms with Crippen LogP contribution in [0, 0.1) is 5.82 Å². The summed E-state index contributed by atoms with van der Waals surface area (Å²) in [4.78, 5) is 27.6. The van der Waals surface area contributed by atoms with E-state index >= 15 is 0 Å². The second-order valence-corrected chi connectivity index (χ2v) is 7.02. The Hall–Kier alpha value is -3.93. The molecule has 0 aromatic heterocycles. The van der Waals surface area contributed by atoms with Gasteiger partial charge in [0.2, 0.25) is 0 Å². The third-order valence-electron chi connectivity index (χ3n) is 5.19. The van der Waals surface area contributed by atoms with E-state index in [4.69, 9.17) is 4.74 Å². The largest absolute Gasteiger partial charge is 0.496 e. The average molecular weight is 416 g/mol. The second-order valence-electron chi connectivity index (χ2n) is 7.02. The van der Waals surface area contributed by atoms with E-state index in [1.165, 1.54) is 25.3 Å². The number of nitrogens with zero attached hydrogens (tertiary/aromatic N) is 1. The first-order valence-corrected chi connectivity index (χ1v) is 9.92. The number of benzene rings is 3. The molecule has 156 valence electrons. The summed E-state index contributed by atoms with van der Waals surface area (Å²) in [5.41, 5.74) is 2.35. The van der Waals surface area contributed by atoms with Crippen LogP contribution >= 0.6 is 0 Å². The zero-order valence-corrected chi connectivity index (χ0v) is 17.2. The van der Waals surface area contributed by atoms with E-state index in [-0.39, 0.29) is 17.0 Å². The quantitative estimate of drug-likeness (QED) is 0.587. The van der Waals surface area contributed by atoms with Gasteiger partial charge >= 0.3 is 0 Å². The van der Waals surface area contributed by atoms with Gasteiger partial charge in [0.15, 0.2) is 0 Å². The molecule has 2 amide bonds. The molecule has 0 bridgehead atoms. The molecule has 0 saturated heterocycles. The van der Waals surface area contributed by atoms with Crippen molar-refractivity contribution in [1.82, 2.24) is 0 Å². The van der Waals surface area contributed by atoms with Crippen LogP contribution in [-0.4, -0.2) is 18.9 Å². The lowest BCUT2D eigenvalue weighted by Crippen LogP contribution is -2.33. The van der Waals surface area contributed by atoms with E-state index in [0.717, 1.165) is 16.9 Å². The normalized spacial score (nSPS) is 13.7. The Morgan fingerprint density at radius 3 is 2.26 bits per heavy atom. The number of anilines is 2. The van der Waals surface area contributed by atoms with Gasteiger partial charge in [0.25, 0.3) is 11.8 Å². The smallest absolute Gasteiger partial charge is 0.282 e. The van der Waals surface area contributed by atoms with E-state index < -0.39 is 17.6 Å². The Kier molecular flexibility index (Phi) is 5.54. The summed E-state index contributed by atoms with van der Waals surface area (Å²) in [6.45, 7) is 2.05. The minimum Gasteiger partial charge on any atom is -0.496 e. The molecule has 31 heavy (non-hydrogen) atoms. The van der Waals surface area contributed by atoms with Gasteiger partial charge in [-0.3, -0.25) is 9.59 Å². The highest BCUT2D eigenvalue weighted by atomic mass is 19.1. The highest BCUT2D eigenvalue weighted by Gasteiger charge is 2.42. The maximum atomic E-state index is 14.5. The summed E-state index contributed by atoms with van der Waals surface area (Å²) in [5.74, 6) is -1.46. The summed E-state index contributed by atoms with van der Waals surface area (Å²) in [6.07, 6.45) is 0.883. The molecule has 0 atom stereocenters. The van der Waals surface area contributed by atoms with Crippen molar-refractivity contribution in [3.8, 4) is 5.75 Å². The first-order chi connectivity index (χ1) is 15.0. The second kappa shape index (κ2) is 8.44. The Labute approximate surface area is 179 Å². The molecule has 3 aromatic carbocycles. The lowest BCUT2D eigenvalue weighted by molar-refractivity contribution is -0.120. The van der Waals surface area contributed by atoms with Gasteiger partial charge in [0.1, 0.15) is 17.3 Å². The predicted molar refractivity (Wildman–Crippen MR) is 118 cm³/mol. The number of para-hydroxylation sites is 2. The van der Waals surface area contributed by atoms with Crippen molar-refractivity contribution < 1.29 is 18.7 Å². The number of nitrogens with one attached hydrogen (secondary N) is 1. The molecule has 4 rings (SSSR count). The predicted octanol–water partition coefficient (Wildman–Crippen LogP) is 4.79. The summed E-state index contributed by atoms with van der Waals surface area (Å²) < 4.78 is 19.9. The van der Waals surface area contributed by atoms with Crippen LogP contribution in [0.3, 0.4) is 0 Å². The average Bonchev–Trinajstić information content (AvgIpc) is 3.04. The number of carbonyl (C=O) groups is 2. The fourth-order valence-corrected chi connectivity index (χ4v) is 3.57. The Morgan fingerprint density at radius 2 is 1.58 bits per heavy atom. The van der Waals surface area contributed by atoms with Gasteiger partial charge in [-0.25, -0.2) is 9.29 Å². The topological polar surface area (TPSA) is 58.6 Å². The molecule has 1 N–H and O–H groups in total. The van der Waals surface area contributed by atoms with Crippen molar-refractivity contribution in [3.63, 3.8) is 0 Å². The standard InChI is InChI=1S/C25H21FN2O3/c1-3-16-12-14-17(15-13-16)27-23-22(18-8-4-7-11-21(18)31-2)24(29)28(25(23)30)20-10-6-5-9-19(20)26/h4-15,27H,3H2,1-2H3. The van der Waals surface area contributed by atoms with Crippen LogP contribution in [0.2, 0.25) is 0 Å². The van der Waals surface area contributed by atoms with Crippen LogP contribution in [0.15, 0.2) is 78.5 Å². The third-order valence-corrected chi connectivity index (χ3v) is 5.19. The number of methoxy groups -OCH3 is 1. The van der Waals surface area contributed by atoms with E-state index in [9.17, 15) is 14.0 Å². The van der Waals surface area contributed by atoms with Crippen molar-refractivity contribution in [2.24, 2.45) is 0 Å². The number of ether oxygens (including phenoxy) is 1. The van der Waals surface area contributed by atoms with Gasteiger partial charge in [-0.2, -0.15) is 0 Å². The highest BCUT2D eigenvalue weighted by molar-refractivity contribution is 6.46. The molecule has 0 saturated carbocycles. The number of imide groups is 1. The van der Waals surface area contributed by atoms with Gasteiger partial charge in [-0.05, 0) is 42.3 Å². The maximum Gasteiger partial charge on any atom is 0.282 e. The SMILES string of the molecule is CCc1ccc(NC2=C(c3ccccc3OC)C(=O)N(c3ccccc3F)C2=O)cc1. The Bertz CT molecular complexity index is 1190. The first-order valence-electron chi connectivity index (χ1n) is 9.92. The van der Waals surface area contributed by atoms with Gasteiger partial charge in [-0.15, -0.1) is 0 Å². The molecule has 1 heterocycles. The van der Waals surface area contributed by atoms with E-state index in [1.807, 2.05) is 24.3 Å². The van der Waals surface area contributed by atoms with E-state index in [0.29, 0.717) is 17.0 Å². The Morgan fingerprint density at radius 1 is 0.903 bits per heavy atom. The zero-order chi connectivity index (χ0) is 22.0. The van der Waals surface area contributed by atoms with Gasteiger partial charge in [-0.1, -0.05) is 49.4 Å². The number of aryl methyl sites for hydroxylation is 1. The fraction of sp³-hybridized carbons (Fsp3) is 0.120. The van der Waals surface area contributed by atoms with Crippen LogP contribution in [-0.2, 0) is 16.0 Å². The first kappa shape index (κ1) is 20.3. The highest BCUT2D eigenvalue weighted by Crippen LogP contribution is 2.37. The van der Waals surface area contributed by atoms with Crippen molar-refractivity contribution in [1.29, 1.82) is 0 Å². The fourth-order valence-electron chi connectivity index (χ4n) is 3.57. The minimum absolute atomic E-state index is 0.0713. The number of amides is 2. The molecule has 3 aromatic rings. The number of hydrogen-bond acceptors (Lipinski definition) is 4. The zero-order valence-electron chi connectivity index (χ0n) is 17.2. The molecule has 6 heteroatoms. The molecule has 5 nitrogen and oxygen atoms in total. The maximum absolute atomic E-state index is 14.5.